The van der Waals surface area contributed by atoms with Crippen molar-refractivity contribution in [1.29, 1.82) is 0 Å². The molecular formula is C23H22FN3O2. The first-order chi connectivity index (χ1) is 14.0. The zero-order chi connectivity index (χ0) is 20.4. The molecule has 1 aliphatic heterocycles. The van der Waals surface area contributed by atoms with Crippen LogP contribution in [-0.2, 0) is 0 Å². The van der Waals surface area contributed by atoms with Gasteiger partial charge in [0.05, 0.1) is 17.5 Å². The van der Waals surface area contributed by atoms with Gasteiger partial charge in [0.2, 0.25) is 0 Å². The van der Waals surface area contributed by atoms with Gasteiger partial charge < -0.3 is 21.1 Å². The summed E-state index contributed by atoms with van der Waals surface area (Å²) < 4.78 is 13.2. The predicted octanol–water partition coefficient (Wildman–Crippen LogP) is 3.90. The van der Waals surface area contributed by atoms with Crippen molar-refractivity contribution < 1.29 is 14.3 Å². The molecule has 4 rings (SSSR count). The fourth-order valence-corrected chi connectivity index (χ4v) is 3.48. The number of hydrogen-bond acceptors (Lipinski definition) is 4. The molecule has 0 spiro atoms. The van der Waals surface area contributed by atoms with Gasteiger partial charge in [0.15, 0.2) is 0 Å². The van der Waals surface area contributed by atoms with Crippen molar-refractivity contribution in [3.8, 4) is 11.1 Å². The number of benzene rings is 3. The molecule has 148 valence electrons. The minimum atomic E-state index is -0.301. The van der Waals surface area contributed by atoms with Gasteiger partial charge in [0.1, 0.15) is 5.82 Å². The van der Waals surface area contributed by atoms with E-state index in [1.54, 1.807) is 36.4 Å². The molecule has 1 saturated heterocycles. The SMILES string of the molecule is Nc1ccc(-c2ccc(F)cc2)cc1NC(=O)c1ccc(N2CCC(O)C2)cc1. The standard InChI is InChI=1S/C23H22FN3O2/c24-18-6-1-15(2-7-18)17-5-10-21(25)22(13-17)26-23(29)16-3-8-19(9-4-16)27-12-11-20(28)14-27/h1-10,13,20,28H,11-12,14,25H2,(H,26,29). The summed E-state index contributed by atoms with van der Waals surface area (Å²) in [6.45, 7) is 1.41. The molecule has 0 aromatic heterocycles. The summed E-state index contributed by atoms with van der Waals surface area (Å²) in [6.07, 6.45) is 0.459. The first-order valence-electron chi connectivity index (χ1n) is 9.49. The number of rotatable bonds is 4. The van der Waals surface area contributed by atoms with Crippen molar-refractivity contribution in [3.05, 3.63) is 78.1 Å². The van der Waals surface area contributed by atoms with Crippen LogP contribution in [0.2, 0.25) is 0 Å². The van der Waals surface area contributed by atoms with Crippen molar-refractivity contribution in [1.82, 2.24) is 0 Å². The van der Waals surface area contributed by atoms with Crippen molar-refractivity contribution in [2.75, 3.05) is 29.0 Å². The number of nitrogens with zero attached hydrogens (tertiary/aromatic N) is 1. The average molecular weight is 391 g/mol. The molecule has 4 N–H and O–H groups in total. The highest BCUT2D eigenvalue weighted by atomic mass is 19.1. The Morgan fingerprint density at radius 1 is 1.03 bits per heavy atom. The first-order valence-corrected chi connectivity index (χ1v) is 9.49. The highest BCUT2D eigenvalue weighted by Crippen LogP contribution is 2.28. The van der Waals surface area contributed by atoms with E-state index in [1.165, 1.54) is 12.1 Å². The fourth-order valence-electron chi connectivity index (χ4n) is 3.48. The van der Waals surface area contributed by atoms with Crippen LogP contribution in [0.15, 0.2) is 66.7 Å². The summed E-state index contributed by atoms with van der Waals surface area (Å²) in [5.74, 6) is -0.564. The summed E-state index contributed by atoms with van der Waals surface area (Å²) in [7, 11) is 0. The normalized spacial score (nSPS) is 16.1. The largest absolute Gasteiger partial charge is 0.397 e. The summed E-state index contributed by atoms with van der Waals surface area (Å²) in [4.78, 5) is 14.8. The van der Waals surface area contributed by atoms with Crippen LogP contribution in [0, 0.1) is 5.82 Å². The number of aliphatic hydroxyl groups is 1. The van der Waals surface area contributed by atoms with Gasteiger partial charge in [0, 0.05) is 24.3 Å². The summed E-state index contributed by atoms with van der Waals surface area (Å²) >= 11 is 0. The van der Waals surface area contributed by atoms with E-state index >= 15 is 0 Å². The third kappa shape index (κ3) is 4.22. The fraction of sp³-hybridized carbons (Fsp3) is 0.174. The third-order valence-corrected chi connectivity index (χ3v) is 5.14. The van der Waals surface area contributed by atoms with Crippen LogP contribution >= 0.6 is 0 Å². The van der Waals surface area contributed by atoms with Crippen LogP contribution in [0.3, 0.4) is 0 Å². The lowest BCUT2D eigenvalue weighted by molar-refractivity contribution is 0.102. The molecule has 1 amide bonds. The molecule has 3 aromatic rings. The van der Waals surface area contributed by atoms with E-state index in [2.05, 4.69) is 10.2 Å². The second-order valence-electron chi connectivity index (χ2n) is 7.20. The Hall–Kier alpha value is -3.38. The molecular weight excluding hydrogens is 369 g/mol. The third-order valence-electron chi connectivity index (χ3n) is 5.14. The molecule has 29 heavy (non-hydrogen) atoms. The lowest BCUT2D eigenvalue weighted by Gasteiger charge is -2.18. The van der Waals surface area contributed by atoms with Crippen LogP contribution < -0.4 is 16.0 Å². The molecule has 1 unspecified atom stereocenters. The van der Waals surface area contributed by atoms with Crippen molar-refractivity contribution >= 4 is 23.0 Å². The number of amides is 1. The van der Waals surface area contributed by atoms with Crippen LogP contribution in [0.25, 0.3) is 11.1 Å². The molecule has 1 atom stereocenters. The highest BCUT2D eigenvalue weighted by Gasteiger charge is 2.20. The molecule has 5 nitrogen and oxygen atoms in total. The Balaban J connectivity index is 1.50. The molecule has 3 aromatic carbocycles. The lowest BCUT2D eigenvalue weighted by Crippen LogP contribution is -2.21. The highest BCUT2D eigenvalue weighted by molar-refractivity contribution is 6.06. The Morgan fingerprint density at radius 3 is 2.38 bits per heavy atom. The predicted molar refractivity (Wildman–Crippen MR) is 113 cm³/mol. The number of carbonyl (C=O) groups is 1. The van der Waals surface area contributed by atoms with Gasteiger partial charge in [0.25, 0.3) is 5.91 Å². The number of hydrogen-bond donors (Lipinski definition) is 3. The number of anilines is 3. The second-order valence-corrected chi connectivity index (χ2v) is 7.20. The minimum Gasteiger partial charge on any atom is -0.397 e. The Morgan fingerprint density at radius 2 is 1.72 bits per heavy atom. The molecule has 1 heterocycles. The van der Waals surface area contributed by atoms with E-state index in [1.807, 2.05) is 18.2 Å². The second kappa shape index (κ2) is 7.93. The van der Waals surface area contributed by atoms with Crippen molar-refractivity contribution in [2.24, 2.45) is 0 Å². The quantitative estimate of drug-likeness (QED) is 0.590. The van der Waals surface area contributed by atoms with Gasteiger partial charge in [-0.15, -0.1) is 0 Å². The summed E-state index contributed by atoms with van der Waals surface area (Å²) in [5, 5.41) is 12.5. The lowest BCUT2D eigenvalue weighted by atomic mass is 10.0. The van der Waals surface area contributed by atoms with Crippen LogP contribution in [-0.4, -0.2) is 30.2 Å². The maximum absolute atomic E-state index is 13.2. The molecule has 1 fully saturated rings. The van der Waals surface area contributed by atoms with E-state index in [4.69, 9.17) is 5.73 Å². The van der Waals surface area contributed by atoms with Crippen LogP contribution in [0.1, 0.15) is 16.8 Å². The number of β-amino-alcohol motifs (C(OH)–C–C–N with tert-alkyl or cyclic N) is 1. The monoisotopic (exact) mass is 391 g/mol. The summed E-state index contributed by atoms with van der Waals surface area (Å²) in [6, 6.07) is 18.8. The number of nitrogens with one attached hydrogen (secondary N) is 1. The zero-order valence-electron chi connectivity index (χ0n) is 15.8. The zero-order valence-corrected chi connectivity index (χ0v) is 15.8. The van der Waals surface area contributed by atoms with E-state index in [0.717, 1.165) is 29.8 Å². The number of nitrogen functional groups attached to an aromatic ring is 1. The van der Waals surface area contributed by atoms with Crippen molar-refractivity contribution in [3.63, 3.8) is 0 Å². The van der Waals surface area contributed by atoms with Gasteiger partial charge in [-0.1, -0.05) is 18.2 Å². The van der Waals surface area contributed by atoms with E-state index < -0.39 is 0 Å². The van der Waals surface area contributed by atoms with E-state index in [9.17, 15) is 14.3 Å². The van der Waals surface area contributed by atoms with Crippen LogP contribution in [0.4, 0.5) is 21.5 Å². The number of halogens is 1. The van der Waals surface area contributed by atoms with Gasteiger partial charge in [-0.05, 0) is 66.1 Å². The van der Waals surface area contributed by atoms with Gasteiger partial charge in [-0.2, -0.15) is 0 Å². The van der Waals surface area contributed by atoms with Gasteiger partial charge >= 0.3 is 0 Å². The van der Waals surface area contributed by atoms with Gasteiger partial charge in [-0.25, -0.2) is 4.39 Å². The maximum atomic E-state index is 13.2. The number of carbonyl (C=O) groups excluding carboxylic acids is 1. The summed E-state index contributed by atoms with van der Waals surface area (Å²) in [5.41, 5.74) is 10.1. The molecule has 0 radical (unpaired) electrons. The maximum Gasteiger partial charge on any atom is 0.255 e. The molecule has 0 saturated carbocycles. The Labute approximate surface area is 168 Å². The Kier molecular flexibility index (Phi) is 5.18. The van der Waals surface area contributed by atoms with Crippen molar-refractivity contribution in [2.45, 2.75) is 12.5 Å². The molecule has 1 aliphatic rings. The topological polar surface area (TPSA) is 78.6 Å². The van der Waals surface area contributed by atoms with Crippen LogP contribution in [0.5, 0.6) is 0 Å². The molecule has 6 heteroatoms. The van der Waals surface area contributed by atoms with E-state index in [-0.39, 0.29) is 17.8 Å². The van der Waals surface area contributed by atoms with Gasteiger partial charge in [-0.3, -0.25) is 4.79 Å². The number of nitrogens with two attached hydrogens (primary N) is 1. The van der Waals surface area contributed by atoms with E-state index in [0.29, 0.717) is 23.5 Å². The minimum absolute atomic E-state index is 0.263. The Bertz CT molecular complexity index is 1020. The molecule has 0 aliphatic carbocycles. The number of aliphatic hydroxyl groups excluding tert-OH is 1. The first kappa shape index (κ1) is 19.0. The smallest absolute Gasteiger partial charge is 0.255 e. The average Bonchev–Trinajstić information content (AvgIpc) is 3.17. The molecule has 0 bridgehead atoms.